The average Bonchev–Trinajstić information content (AvgIpc) is 3.28. The third kappa shape index (κ3) is 5.23. The molecule has 4 rings (SSSR count). The van der Waals surface area contributed by atoms with Gasteiger partial charge in [0, 0.05) is 37.4 Å². The number of ether oxygens (including phenoxy) is 1. The number of carbonyl (C=O) groups is 3. The van der Waals surface area contributed by atoms with E-state index in [0.717, 1.165) is 0 Å². The molecule has 1 aliphatic heterocycles. The van der Waals surface area contributed by atoms with Crippen LogP contribution in [0.25, 0.3) is 0 Å². The molecule has 1 aliphatic rings. The van der Waals surface area contributed by atoms with E-state index in [1.54, 1.807) is 59.4 Å². The molecule has 0 aliphatic carbocycles. The van der Waals surface area contributed by atoms with E-state index >= 15 is 0 Å². The Morgan fingerprint density at radius 1 is 0.879 bits per heavy atom. The van der Waals surface area contributed by atoms with E-state index in [9.17, 15) is 14.4 Å². The van der Waals surface area contributed by atoms with Gasteiger partial charge in [-0.25, -0.2) is 0 Å². The maximum atomic E-state index is 13.2. The number of nitrogens with zero attached hydrogens (tertiary/aromatic N) is 2. The number of amides is 3. The maximum absolute atomic E-state index is 13.2. The molecule has 2 heterocycles. The number of thiophene rings is 1. The summed E-state index contributed by atoms with van der Waals surface area (Å²) in [6.07, 6.45) is 0.682. The van der Waals surface area contributed by atoms with Gasteiger partial charge in [-0.1, -0.05) is 24.3 Å². The topological polar surface area (TPSA) is 79.0 Å². The van der Waals surface area contributed by atoms with Crippen molar-refractivity contribution < 1.29 is 19.1 Å². The highest BCUT2D eigenvalue weighted by Gasteiger charge is 2.25. The summed E-state index contributed by atoms with van der Waals surface area (Å²) in [7, 11) is 1.55. The molecule has 0 radical (unpaired) electrons. The number of benzene rings is 2. The zero-order valence-electron chi connectivity index (χ0n) is 18.3. The van der Waals surface area contributed by atoms with Crippen LogP contribution in [0.15, 0.2) is 66.0 Å². The molecule has 0 bridgehead atoms. The lowest BCUT2D eigenvalue weighted by atomic mass is 10.1. The van der Waals surface area contributed by atoms with Crippen molar-refractivity contribution in [2.75, 3.05) is 38.6 Å². The summed E-state index contributed by atoms with van der Waals surface area (Å²) in [6.45, 7) is 2.00. The van der Waals surface area contributed by atoms with Gasteiger partial charge in [0.25, 0.3) is 17.7 Å². The molecule has 1 aromatic heterocycles. The summed E-state index contributed by atoms with van der Waals surface area (Å²) in [6, 6.07) is 17.7. The van der Waals surface area contributed by atoms with Crippen molar-refractivity contribution in [3.8, 4) is 5.75 Å². The predicted octanol–water partition coefficient (Wildman–Crippen LogP) is 4.00. The average molecular weight is 464 g/mol. The maximum Gasteiger partial charge on any atom is 0.265 e. The number of methoxy groups -OCH3 is 1. The summed E-state index contributed by atoms with van der Waals surface area (Å²) in [5.41, 5.74) is 1.60. The minimum absolute atomic E-state index is 0.0972. The number of carbonyl (C=O) groups excluding carboxylic acids is 3. The highest BCUT2D eigenvalue weighted by atomic mass is 32.1. The second kappa shape index (κ2) is 10.3. The fourth-order valence-corrected chi connectivity index (χ4v) is 4.45. The van der Waals surface area contributed by atoms with Gasteiger partial charge in [0.05, 0.1) is 17.6 Å². The quantitative estimate of drug-likeness (QED) is 0.620. The van der Waals surface area contributed by atoms with Crippen molar-refractivity contribution in [1.29, 1.82) is 0 Å². The summed E-state index contributed by atoms with van der Waals surface area (Å²) in [4.78, 5) is 42.6. The predicted molar refractivity (Wildman–Crippen MR) is 128 cm³/mol. The molecule has 0 spiro atoms. The first kappa shape index (κ1) is 22.5. The van der Waals surface area contributed by atoms with Gasteiger partial charge in [0.1, 0.15) is 5.75 Å². The van der Waals surface area contributed by atoms with Crippen molar-refractivity contribution >= 4 is 34.7 Å². The van der Waals surface area contributed by atoms with Gasteiger partial charge >= 0.3 is 0 Å². The molecular formula is C25H25N3O4S. The lowest BCUT2D eigenvalue weighted by Gasteiger charge is -2.23. The molecule has 1 N–H and O–H groups in total. The standard InChI is InChI=1S/C25H25N3O4S/c1-32-21-10-3-2-9-20(21)25(31)28-13-6-12-27(14-15-28)24(30)18-7-4-8-19(17-18)26-23(29)22-11-5-16-33-22/h2-5,7-11,16-17H,6,12-15H2,1H3,(H,26,29). The Kier molecular flexibility index (Phi) is 7.04. The SMILES string of the molecule is COc1ccccc1C(=O)N1CCCN(C(=O)c2cccc(NC(=O)c3cccs3)c2)CC1. The van der Waals surface area contributed by atoms with Crippen LogP contribution in [0, 0.1) is 0 Å². The zero-order chi connectivity index (χ0) is 23.2. The van der Waals surface area contributed by atoms with Gasteiger partial charge in [0.2, 0.25) is 0 Å². The number of hydrogen-bond donors (Lipinski definition) is 1. The lowest BCUT2D eigenvalue weighted by molar-refractivity contribution is 0.0717. The Bertz CT molecular complexity index is 1150. The third-order valence-corrected chi connectivity index (χ3v) is 6.39. The molecule has 3 aromatic rings. The number of para-hydroxylation sites is 1. The van der Waals surface area contributed by atoms with Crippen molar-refractivity contribution in [3.05, 3.63) is 82.0 Å². The largest absolute Gasteiger partial charge is 0.496 e. The first-order valence-corrected chi connectivity index (χ1v) is 11.6. The molecule has 0 saturated carbocycles. The Balaban J connectivity index is 1.41. The number of nitrogens with one attached hydrogen (secondary N) is 1. The lowest BCUT2D eigenvalue weighted by Crippen LogP contribution is -2.37. The minimum atomic E-state index is -0.199. The summed E-state index contributed by atoms with van der Waals surface area (Å²) >= 11 is 1.36. The minimum Gasteiger partial charge on any atom is -0.496 e. The molecule has 7 nitrogen and oxygen atoms in total. The van der Waals surface area contributed by atoms with Crippen LogP contribution < -0.4 is 10.1 Å². The molecule has 0 unspecified atom stereocenters. The molecule has 3 amide bonds. The molecule has 170 valence electrons. The van der Waals surface area contributed by atoms with Crippen molar-refractivity contribution in [1.82, 2.24) is 9.80 Å². The molecule has 0 atom stereocenters. The van der Waals surface area contributed by atoms with Gasteiger partial charge in [-0.3, -0.25) is 14.4 Å². The molecule has 1 saturated heterocycles. The van der Waals surface area contributed by atoms with Crippen LogP contribution in [0.3, 0.4) is 0 Å². The first-order valence-electron chi connectivity index (χ1n) is 10.7. The Hall–Kier alpha value is -3.65. The van der Waals surface area contributed by atoms with E-state index in [0.29, 0.717) is 60.0 Å². The zero-order valence-corrected chi connectivity index (χ0v) is 19.1. The van der Waals surface area contributed by atoms with Crippen LogP contribution in [-0.4, -0.2) is 60.8 Å². The molecule has 1 fully saturated rings. The van der Waals surface area contributed by atoms with Gasteiger partial charge in [0.15, 0.2) is 0 Å². The van der Waals surface area contributed by atoms with Crippen molar-refractivity contribution in [3.63, 3.8) is 0 Å². The van der Waals surface area contributed by atoms with Gasteiger partial charge in [-0.15, -0.1) is 11.3 Å². The summed E-state index contributed by atoms with van der Waals surface area (Å²) in [5, 5.41) is 4.69. The third-order valence-electron chi connectivity index (χ3n) is 5.52. The fraction of sp³-hybridized carbons (Fsp3) is 0.240. The van der Waals surface area contributed by atoms with Crippen LogP contribution in [0.1, 0.15) is 36.8 Å². The number of anilines is 1. The molecule has 2 aromatic carbocycles. The Morgan fingerprint density at radius 3 is 2.36 bits per heavy atom. The first-order chi connectivity index (χ1) is 16.1. The van der Waals surface area contributed by atoms with E-state index in [1.807, 2.05) is 23.6 Å². The highest BCUT2D eigenvalue weighted by molar-refractivity contribution is 7.12. The second-order valence-electron chi connectivity index (χ2n) is 7.65. The van der Waals surface area contributed by atoms with E-state index in [4.69, 9.17) is 4.74 Å². The Morgan fingerprint density at radius 2 is 1.64 bits per heavy atom. The highest BCUT2D eigenvalue weighted by Crippen LogP contribution is 2.21. The summed E-state index contributed by atoms with van der Waals surface area (Å²) in [5.74, 6) is 0.129. The molecular weight excluding hydrogens is 438 g/mol. The van der Waals surface area contributed by atoms with Crippen LogP contribution in [0.2, 0.25) is 0 Å². The van der Waals surface area contributed by atoms with Crippen LogP contribution in [0.5, 0.6) is 5.75 Å². The normalized spacial score (nSPS) is 13.8. The van der Waals surface area contributed by atoms with Crippen LogP contribution in [-0.2, 0) is 0 Å². The van der Waals surface area contributed by atoms with Crippen molar-refractivity contribution in [2.24, 2.45) is 0 Å². The van der Waals surface area contributed by atoms with E-state index in [1.165, 1.54) is 11.3 Å². The second-order valence-corrected chi connectivity index (χ2v) is 8.60. The van der Waals surface area contributed by atoms with E-state index < -0.39 is 0 Å². The molecule has 33 heavy (non-hydrogen) atoms. The van der Waals surface area contributed by atoms with Crippen molar-refractivity contribution in [2.45, 2.75) is 6.42 Å². The summed E-state index contributed by atoms with van der Waals surface area (Å²) < 4.78 is 5.33. The molecule has 8 heteroatoms. The smallest absolute Gasteiger partial charge is 0.265 e. The van der Waals surface area contributed by atoms with Gasteiger partial charge in [-0.05, 0) is 48.2 Å². The number of rotatable bonds is 5. The monoisotopic (exact) mass is 463 g/mol. The van der Waals surface area contributed by atoms with Crippen LogP contribution in [0.4, 0.5) is 5.69 Å². The van der Waals surface area contributed by atoms with Gasteiger partial charge < -0.3 is 19.9 Å². The van der Waals surface area contributed by atoms with Gasteiger partial charge in [-0.2, -0.15) is 0 Å². The Labute approximate surface area is 196 Å². The fourth-order valence-electron chi connectivity index (χ4n) is 3.83. The van der Waals surface area contributed by atoms with Crippen LogP contribution >= 0.6 is 11.3 Å². The van der Waals surface area contributed by atoms with E-state index in [2.05, 4.69) is 5.32 Å². The van der Waals surface area contributed by atoms with E-state index in [-0.39, 0.29) is 17.7 Å². The number of hydrogen-bond acceptors (Lipinski definition) is 5.